The maximum atomic E-state index is 14.1. The maximum Gasteiger partial charge on any atom is 0.275 e. The minimum absolute atomic E-state index is 0.0767. The van der Waals surface area contributed by atoms with Crippen molar-refractivity contribution in [1.82, 2.24) is 19.7 Å². The molecule has 2 aromatic carbocycles. The van der Waals surface area contributed by atoms with Gasteiger partial charge in [-0.1, -0.05) is 47.5 Å². The van der Waals surface area contributed by atoms with Crippen molar-refractivity contribution < 1.29 is 9.90 Å². The van der Waals surface area contributed by atoms with Crippen molar-refractivity contribution in [3.05, 3.63) is 94.9 Å². The maximum absolute atomic E-state index is 14.1. The first-order valence-electron chi connectivity index (χ1n) is 12.6. The molecule has 6 heteroatoms. The van der Waals surface area contributed by atoms with Gasteiger partial charge in [0.05, 0.1) is 28.8 Å². The Bertz CT molecular complexity index is 1390. The molecule has 2 aromatic heterocycles. The average molecular weight is 483 g/mol. The van der Waals surface area contributed by atoms with E-state index in [0.717, 1.165) is 35.0 Å². The van der Waals surface area contributed by atoms with Crippen LogP contribution in [0.1, 0.15) is 59.6 Å². The number of likely N-dealkylation sites (tertiary alicyclic amines) is 1. The van der Waals surface area contributed by atoms with Crippen molar-refractivity contribution >= 4 is 16.8 Å². The van der Waals surface area contributed by atoms with Crippen LogP contribution in [0.2, 0.25) is 0 Å². The van der Waals surface area contributed by atoms with Gasteiger partial charge in [0.2, 0.25) is 0 Å². The molecule has 0 unspecified atom stereocenters. The van der Waals surface area contributed by atoms with Gasteiger partial charge >= 0.3 is 0 Å². The SMILES string of the molecule is Cc1ccc([C@@]2(c3ccccn3)CCCN(C(=O)c3nn(CC(C)(C)O)c4ccc(C)cc34)C2)cc1. The first kappa shape index (κ1) is 24.2. The van der Waals surface area contributed by atoms with Crippen molar-refractivity contribution in [3.8, 4) is 0 Å². The van der Waals surface area contributed by atoms with Crippen LogP contribution in [-0.2, 0) is 12.0 Å². The number of hydrogen-bond acceptors (Lipinski definition) is 4. The monoisotopic (exact) mass is 482 g/mol. The topological polar surface area (TPSA) is 71.2 Å². The molecule has 0 aliphatic carbocycles. The van der Waals surface area contributed by atoms with E-state index in [1.807, 2.05) is 48.4 Å². The van der Waals surface area contributed by atoms with Crippen molar-refractivity contribution in [2.75, 3.05) is 13.1 Å². The summed E-state index contributed by atoms with van der Waals surface area (Å²) in [6.07, 6.45) is 3.63. The Morgan fingerprint density at radius 2 is 1.81 bits per heavy atom. The largest absolute Gasteiger partial charge is 0.389 e. The highest BCUT2D eigenvalue weighted by molar-refractivity contribution is 6.05. The van der Waals surface area contributed by atoms with Gasteiger partial charge in [-0.05, 0) is 70.4 Å². The zero-order chi connectivity index (χ0) is 25.5. The molecule has 4 aromatic rings. The van der Waals surface area contributed by atoms with Gasteiger partial charge in [0.15, 0.2) is 5.69 Å². The summed E-state index contributed by atoms with van der Waals surface area (Å²) in [4.78, 5) is 20.8. The Balaban J connectivity index is 1.57. The Kier molecular flexibility index (Phi) is 6.17. The standard InChI is InChI=1S/C30H34N4O2/c1-21-9-12-23(13-10-21)30(26-8-5-6-16-31-26)15-7-17-33(20-30)28(35)27-24-18-22(2)11-14-25(24)34(32-27)19-29(3,4)36/h5-6,8-14,16,18,36H,7,15,17,19-20H2,1-4H3/t30-/m1/s1. The number of aryl methyl sites for hydroxylation is 2. The lowest BCUT2D eigenvalue weighted by Gasteiger charge is -2.43. The molecule has 6 nitrogen and oxygen atoms in total. The molecule has 1 saturated heterocycles. The van der Waals surface area contributed by atoms with Crippen LogP contribution in [0.25, 0.3) is 10.9 Å². The second kappa shape index (κ2) is 9.17. The minimum Gasteiger partial charge on any atom is -0.389 e. The Hall–Kier alpha value is -3.51. The lowest BCUT2D eigenvalue weighted by Crippen LogP contribution is -2.49. The van der Waals surface area contributed by atoms with Gasteiger partial charge in [-0.25, -0.2) is 0 Å². The van der Waals surface area contributed by atoms with Crippen LogP contribution in [0.5, 0.6) is 0 Å². The molecule has 3 heterocycles. The van der Waals surface area contributed by atoms with Gasteiger partial charge in [-0.3, -0.25) is 14.5 Å². The lowest BCUT2D eigenvalue weighted by atomic mass is 9.71. The summed E-state index contributed by atoms with van der Waals surface area (Å²) in [7, 11) is 0. The number of rotatable bonds is 5. The third kappa shape index (κ3) is 4.53. The highest BCUT2D eigenvalue weighted by Gasteiger charge is 2.42. The number of carbonyl (C=O) groups is 1. The van der Waals surface area contributed by atoms with Crippen LogP contribution in [0.4, 0.5) is 0 Å². The summed E-state index contributed by atoms with van der Waals surface area (Å²) in [5, 5.41) is 16.0. The molecular weight excluding hydrogens is 448 g/mol. The second-order valence-corrected chi connectivity index (χ2v) is 10.8. The van der Waals surface area contributed by atoms with Crippen LogP contribution in [-0.4, -0.2) is 49.4 Å². The molecule has 1 fully saturated rings. The summed E-state index contributed by atoms with van der Waals surface area (Å²) < 4.78 is 1.76. The molecule has 1 aliphatic rings. The van der Waals surface area contributed by atoms with Gasteiger partial charge in [0, 0.05) is 24.7 Å². The Morgan fingerprint density at radius 3 is 2.50 bits per heavy atom. The van der Waals surface area contributed by atoms with E-state index in [1.54, 1.807) is 18.5 Å². The van der Waals surface area contributed by atoms with Crippen molar-refractivity contribution in [2.45, 2.75) is 58.1 Å². The van der Waals surface area contributed by atoms with Crippen molar-refractivity contribution in [3.63, 3.8) is 0 Å². The van der Waals surface area contributed by atoms with Crippen LogP contribution in [0.3, 0.4) is 0 Å². The number of pyridine rings is 1. The fourth-order valence-corrected chi connectivity index (χ4v) is 5.43. The minimum atomic E-state index is -0.950. The number of carbonyl (C=O) groups excluding carboxylic acids is 1. The van der Waals surface area contributed by atoms with Crippen LogP contribution >= 0.6 is 0 Å². The number of benzene rings is 2. The molecule has 0 radical (unpaired) electrons. The van der Waals surface area contributed by atoms with Crippen LogP contribution in [0, 0.1) is 13.8 Å². The van der Waals surface area contributed by atoms with Crippen molar-refractivity contribution in [1.29, 1.82) is 0 Å². The summed E-state index contributed by atoms with van der Waals surface area (Å²) >= 11 is 0. The zero-order valence-electron chi connectivity index (χ0n) is 21.5. The predicted molar refractivity (Wildman–Crippen MR) is 142 cm³/mol. The third-order valence-electron chi connectivity index (χ3n) is 7.18. The van der Waals surface area contributed by atoms with Crippen molar-refractivity contribution in [2.24, 2.45) is 0 Å². The lowest BCUT2D eigenvalue weighted by molar-refractivity contribution is 0.0573. The van der Waals surface area contributed by atoms with E-state index >= 15 is 0 Å². The molecule has 186 valence electrons. The van der Waals surface area contributed by atoms with E-state index in [-0.39, 0.29) is 11.3 Å². The van der Waals surface area contributed by atoms with Gasteiger partial charge in [-0.2, -0.15) is 5.10 Å². The van der Waals surface area contributed by atoms with Crippen LogP contribution in [0.15, 0.2) is 66.9 Å². The second-order valence-electron chi connectivity index (χ2n) is 10.8. The number of piperidine rings is 1. The van der Waals surface area contributed by atoms with Gasteiger partial charge in [0.25, 0.3) is 5.91 Å². The highest BCUT2D eigenvalue weighted by atomic mass is 16.3. The number of hydrogen-bond donors (Lipinski definition) is 1. The third-order valence-corrected chi connectivity index (χ3v) is 7.18. The Labute approximate surface area is 212 Å². The normalized spacial score (nSPS) is 18.5. The fourth-order valence-electron chi connectivity index (χ4n) is 5.43. The van der Waals surface area contributed by atoms with Gasteiger partial charge < -0.3 is 10.0 Å². The van der Waals surface area contributed by atoms with Crippen LogP contribution < -0.4 is 0 Å². The smallest absolute Gasteiger partial charge is 0.275 e. The number of nitrogens with zero attached hydrogens (tertiary/aromatic N) is 4. The molecule has 0 saturated carbocycles. The molecule has 1 amide bonds. The summed E-state index contributed by atoms with van der Waals surface area (Å²) in [5.41, 5.74) is 4.41. The average Bonchev–Trinajstić information content (AvgIpc) is 3.20. The van der Waals surface area contributed by atoms with E-state index < -0.39 is 5.60 Å². The highest BCUT2D eigenvalue weighted by Crippen LogP contribution is 2.40. The number of fused-ring (bicyclic) bond motifs is 1. The Morgan fingerprint density at radius 1 is 1.06 bits per heavy atom. The van der Waals surface area contributed by atoms with E-state index in [0.29, 0.717) is 25.3 Å². The molecule has 1 N–H and O–H groups in total. The molecule has 1 aliphatic heterocycles. The summed E-state index contributed by atoms with van der Waals surface area (Å²) in [6.45, 7) is 9.13. The summed E-state index contributed by atoms with van der Waals surface area (Å²) in [6, 6.07) is 20.7. The number of aromatic nitrogens is 3. The molecule has 5 rings (SSSR count). The summed E-state index contributed by atoms with van der Waals surface area (Å²) in [5.74, 6) is -0.0767. The molecule has 36 heavy (non-hydrogen) atoms. The fraction of sp³-hybridized carbons (Fsp3) is 0.367. The first-order chi connectivity index (χ1) is 17.2. The molecule has 0 spiro atoms. The first-order valence-corrected chi connectivity index (χ1v) is 12.6. The zero-order valence-corrected chi connectivity index (χ0v) is 21.5. The number of aliphatic hydroxyl groups is 1. The van der Waals surface area contributed by atoms with Gasteiger partial charge in [0.1, 0.15) is 0 Å². The quantitative estimate of drug-likeness (QED) is 0.433. The van der Waals surface area contributed by atoms with E-state index in [2.05, 4.69) is 37.3 Å². The molecule has 1 atom stereocenters. The molecule has 0 bridgehead atoms. The van der Waals surface area contributed by atoms with E-state index in [1.165, 1.54) is 11.1 Å². The number of amides is 1. The van der Waals surface area contributed by atoms with E-state index in [9.17, 15) is 9.90 Å². The molecular formula is C30H34N4O2. The van der Waals surface area contributed by atoms with E-state index in [4.69, 9.17) is 10.1 Å². The van der Waals surface area contributed by atoms with Gasteiger partial charge in [-0.15, -0.1) is 0 Å². The predicted octanol–water partition coefficient (Wildman–Crippen LogP) is 5.04.